The first-order valence-electron chi connectivity index (χ1n) is 7.42. The van der Waals surface area contributed by atoms with E-state index in [0.717, 1.165) is 4.47 Å². The molecule has 1 aliphatic heterocycles. The average Bonchev–Trinajstić information content (AvgIpc) is 3.13. The number of nitrogens with zero attached hydrogens (tertiary/aromatic N) is 3. The molecule has 126 valence electrons. The number of carbonyl (C=O) groups is 2. The molecule has 3 rings (SSSR count). The Morgan fingerprint density at radius 3 is 2.79 bits per heavy atom. The quantitative estimate of drug-likeness (QED) is 0.809. The van der Waals surface area contributed by atoms with Gasteiger partial charge in [0.2, 0.25) is 0 Å². The van der Waals surface area contributed by atoms with E-state index in [0.29, 0.717) is 16.4 Å². The Hall–Kier alpha value is -2.19. The van der Waals surface area contributed by atoms with Crippen LogP contribution in [0, 0.1) is 0 Å². The Bertz CT molecular complexity index is 789. The van der Waals surface area contributed by atoms with Crippen LogP contribution >= 0.6 is 15.9 Å². The minimum absolute atomic E-state index is 0.0921. The summed E-state index contributed by atoms with van der Waals surface area (Å²) in [5, 5.41) is 14.5. The van der Waals surface area contributed by atoms with Crippen molar-refractivity contribution >= 4 is 27.7 Å². The number of aromatic nitrogens is 1. The van der Waals surface area contributed by atoms with Gasteiger partial charge >= 0.3 is 0 Å². The van der Waals surface area contributed by atoms with Gasteiger partial charge in [-0.25, -0.2) is 0 Å². The first-order valence-corrected chi connectivity index (χ1v) is 8.21. The summed E-state index contributed by atoms with van der Waals surface area (Å²) >= 11 is 3.35. The first-order chi connectivity index (χ1) is 11.4. The van der Waals surface area contributed by atoms with Gasteiger partial charge in [0.25, 0.3) is 11.8 Å². The van der Waals surface area contributed by atoms with E-state index < -0.39 is 18.0 Å². The summed E-state index contributed by atoms with van der Waals surface area (Å²) in [6, 6.07) is 8.64. The Kier molecular flexibility index (Phi) is 4.42. The second kappa shape index (κ2) is 6.37. The third kappa shape index (κ3) is 2.94. The van der Waals surface area contributed by atoms with Crippen LogP contribution in [0.5, 0.6) is 0 Å². The number of benzene rings is 1. The summed E-state index contributed by atoms with van der Waals surface area (Å²) in [4.78, 5) is 25.9. The number of rotatable bonds is 3. The van der Waals surface area contributed by atoms with E-state index in [9.17, 15) is 14.8 Å². The van der Waals surface area contributed by atoms with E-state index in [1.54, 1.807) is 24.3 Å². The van der Waals surface area contributed by atoms with Gasteiger partial charge in [-0.2, -0.15) is 5.06 Å². The van der Waals surface area contributed by atoms with Crippen LogP contribution in [0.15, 0.2) is 39.3 Å². The number of hydrogen-bond acceptors (Lipinski definition) is 5. The molecule has 24 heavy (non-hydrogen) atoms. The van der Waals surface area contributed by atoms with Crippen LogP contribution in [-0.2, 0) is 4.79 Å². The summed E-state index contributed by atoms with van der Waals surface area (Å²) in [6.07, 6.45) is -0.901. The summed E-state index contributed by atoms with van der Waals surface area (Å²) in [5.74, 6) is -0.348. The molecular weight excluding hydrogens is 378 g/mol. The number of hydrogen-bond donors (Lipinski definition) is 1. The van der Waals surface area contributed by atoms with E-state index in [-0.39, 0.29) is 18.2 Å². The van der Waals surface area contributed by atoms with Crippen molar-refractivity contribution in [2.24, 2.45) is 0 Å². The fraction of sp³-hybridized carbons (Fsp3) is 0.312. The summed E-state index contributed by atoms with van der Waals surface area (Å²) < 4.78 is 5.94. The lowest BCUT2D eigenvalue weighted by Crippen LogP contribution is -2.34. The maximum atomic E-state index is 12.7. The number of hydroxylamine groups is 2. The molecule has 2 aromatic rings. The predicted octanol–water partition coefficient (Wildman–Crippen LogP) is 2.93. The van der Waals surface area contributed by atoms with Gasteiger partial charge in [-0.05, 0) is 17.7 Å². The Morgan fingerprint density at radius 2 is 2.17 bits per heavy atom. The number of halogens is 1. The summed E-state index contributed by atoms with van der Waals surface area (Å²) in [6.45, 7) is 3.62. The molecule has 0 saturated carbocycles. The molecule has 1 N–H and O–H groups in total. The van der Waals surface area contributed by atoms with E-state index in [4.69, 9.17) is 4.52 Å². The summed E-state index contributed by atoms with van der Waals surface area (Å²) in [7, 11) is 0. The van der Waals surface area contributed by atoms with Crippen LogP contribution in [0.2, 0.25) is 0 Å². The van der Waals surface area contributed by atoms with Crippen LogP contribution in [-0.4, -0.2) is 38.7 Å². The second-order valence-electron chi connectivity index (χ2n) is 5.87. The highest BCUT2D eigenvalue weighted by Crippen LogP contribution is 2.32. The largest absolute Gasteiger partial charge is 0.360 e. The molecule has 0 bridgehead atoms. The Labute approximate surface area is 146 Å². The lowest BCUT2D eigenvalue weighted by atomic mass is 10.1. The van der Waals surface area contributed by atoms with Crippen LogP contribution in [0.3, 0.4) is 0 Å². The zero-order valence-electron chi connectivity index (χ0n) is 13.1. The molecule has 2 heterocycles. The van der Waals surface area contributed by atoms with E-state index in [2.05, 4.69) is 21.1 Å². The standard InChI is InChI=1S/C16H16BrN3O4/c1-9(2)13-7-12(18-24-13)16(22)19-8-14(21)20(23)15(19)10-4-3-5-11(17)6-10/h3-7,9,15,23H,8H2,1-2H3. The van der Waals surface area contributed by atoms with Crippen molar-refractivity contribution in [3.63, 3.8) is 0 Å². The fourth-order valence-corrected chi connectivity index (χ4v) is 2.97. The molecule has 1 aromatic carbocycles. The first kappa shape index (κ1) is 16.7. The third-order valence-corrected chi connectivity index (χ3v) is 4.31. The van der Waals surface area contributed by atoms with E-state index in [1.807, 2.05) is 19.9 Å². The number of amides is 2. The Balaban J connectivity index is 1.94. The molecule has 0 radical (unpaired) electrons. The molecule has 1 saturated heterocycles. The molecule has 7 nitrogen and oxygen atoms in total. The topological polar surface area (TPSA) is 86.9 Å². The van der Waals surface area contributed by atoms with Crippen molar-refractivity contribution in [3.8, 4) is 0 Å². The van der Waals surface area contributed by atoms with Crippen molar-refractivity contribution in [3.05, 3.63) is 51.8 Å². The molecule has 0 spiro atoms. The van der Waals surface area contributed by atoms with Gasteiger partial charge in [0.15, 0.2) is 11.9 Å². The Morgan fingerprint density at radius 1 is 1.42 bits per heavy atom. The minimum atomic E-state index is -0.901. The molecule has 1 aliphatic rings. The highest BCUT2D eigenvalue weighted by atomic mass is 79.9. The normalized spacial score (nSPS) is 17.9. The summed E-state index contributed by atoms with van der Waals surface area (Å²) in [5.41, 5.74) is 0.723. The second-order valence-corrected chi connectivity index (χ2v) is 6.78. The number of carbonyl (C=O) groups excluding carboxylic acids is 2. The van der Waals surface area contributed by atoms with Gasteiger partial charge in [0, 0.05) is 16.5 Å². The van der Waals surface area contributed by atoms with Crippen LogP contribution in [0.4, 0.5) is 0 Å². The van der Waals surface area contributed by atoms with Crippen molar-refractivity contribution in [2.75, 3.05) is 6.54 Å². The van der Waals surface area contributed by atoms with Gasteiger partial charge in [-0.3, -0.25) is 14.8 Å². The highest BCUT2D eigenvalue weighted by Gasteiger charge is 2.42. The van der Waals surface area contributed by atoms with Crippen molar-refractivity contribution in [1.29, 1.82) is 0 Å². The molecule has 1 fully saturated rings. The zero-order valence-corrected chi connectivity index (χ0v) is 14.7. The predicted molar refractivity (Wildman–Crippen MR) is 87.1 cm³/mol. The van der Waals surface area contributed by atoms with E-state index >= 15 is 0 Å². The molecule has 0 aliphatic carbocycles. The van der Waals surface area contributed by atoms with Crippen molar-refractivity contribution in [1.82, 2.24) is 15.1 Å². The third-order valence-electron chi connectivity index (χ3n) is 3.81. The lowest BCUT2D eigenvalue weighted by Gasteiger charge is -2.25. The van der Waals surface area contributed by atoms with Gasteiger partial charge in [-0.15, -0.1) is 0 Å². The van der Waals surface area contributed by atoms with Crippen molar-refractivity contribution < 1.29 is 19.3 Å². The molecule has 1 unspecified atom stereocenters. The van der Waals surface area contributed by atoms with Crippen LogP contribution < -0.4 is 0 Å². The fourth-order valence-electron chi connectivity index (χ4n) is 2.55. The van der Waals surface area contributed by atoms with Crippen molar-refractivity contribution in [2.45, 2.75) is 25.9 Å². The minimum Gasteiger partial charge on any atom is -0.360 e. The lowest BCUT2D eigenvalue weighted by molar-refractivity contribution is -0.168. The highest BCUT2D eigenvalue weighted by molar-refractivity contribution is 9.10. The SMILES string of the molecule is CC(C)c1cc(C(=O)N2CC(=O)N(O)C2c2cccc(Br)c2)no1. The maximum absolute atomic E-state index is 12.7. The molecule has 2 amide bonds. The maximum Gasteiger partial charge on any atom is 0.278 e. The van der Waals surface area contributed by atoms with Gasteiger partial charge in [0.1, 0.15) is 12.3 Å². The average molecular weight is 394 g/mol. The van der Waals surface area contributed by atoms with E-state index in [1.165, 1.54) is 4.90 Å². The monoisotopic (exact) mass is 393 g/mol. The van der Waals surface area contributed by atoms with Gasteiger partial charge in [-0.1, -0.05) is 47.1 Å². The van der Waals surface area contributed by atoms with Gasteiger partial charge in [0.05, 0.1) is 0 Å². The van der Waals surface area contributed by atoms with Gasteiger partial charge < -0.3 is 9.42 Å². The van der Waals surface area contributed by atoms with Crippen LogP contribution in [0.25, 0.3) is 0 Å². The molecule has 1 atom stereocenters. The zero-order chi connectivity index (χ0) is 17.4. The molecule has 8 heteroatoms. The smallest absolute Gasteiger partial charge is 0.278 e. The molecular formula is C16H16BrN3O4. The molecule has 1 aromatic heterocycles. The van der Waals surface area contributed by atoms with Crippen LogP contribution in [0.1, 0.15) is 47.7 Å².